The third kappa shape index (κ3) is 4.21. The standard InChI is InChI=1S/C21H23F2NO2/c1-14-11-17(7-9-20(14)25)21(26)24-10-2-3-15(13-24)4-5-16-6-8-18(22)12-19(16)23/h6-9,11-12,15,25H,2-5,10,13H2,1H3/t15-/m0/s1. The summed E-state index contributed by atoms with van der Waals surface area (Å²) in [5.41, 5.74) is 1.77. The van der Waals surface area contributed by atoms with E-state index < -0.39 is 11.6 Å². The van der Waals surface area contributed by atoms with Gasteiger partial charge in [0, 0.05) is 24.7 Å². The molecule has 5 heteroatoms. The van der Waals surface area contributed by atoms with Crippen LogP contribution in [0.5, 0.6) is 5.75 Å². The molecule has 0 radical (unpaired) electrons. The summed E-state index contributed by atoms with van der Waals surface area (Å²) in [5, 5.41) is 9.62. The second-order valence-electron chi connectivity index (χ2n) is 7.04. The number of carbonyl (C=O) groups is 1. The Kier molecular flexibility index (Phi) is 5.55. The summed E-state index contributed by atoms with van der Waals surface area (Å²) in [6, 6.07) is 8.58. The number of rotatable bonds is 4. The lowest BCUT2D eigenvalue weighted by Crippen LogP contribution is -2.40. The summed E-state index contributed by atoms with van der Waals surface area (Å²) < 4.78 is 26.8. The van der Waals surface area contributed by atoms with E-state index in [1.54, 1.807) is 25.1 Å². The number of amides is 1. The molecule has 2 aromatic rings. The molecule has 0 saturated carbocycles. The van der Waals surface area contributed by atoms with Crippen LogP contribution >= 0.6 is 0 Å². The summed E-state index contributed by atoms with van der Waals surface area (Å²) in [5.74, 6) is -0.626. The fourth-order valence-electron chi connectivity index (χ4n) is 3.54. The zero-order valence-electron chi connectivity index (χ0n) is 14.8. The lowest BCUT2D eigenvalue weighted by Gasteiger charge is -2.33. The van der Waals surface area contributed by atoms with Gasteiger partial charge in [0.25, 0.3) is 5.91 Å². The number of phenols is 1. The van der Waals surface area contributed by atoms with E-state index >= 15 is 0 Å². The van der Waals surface area contributed by atoms with Gasteiger partial charge in [0.1, 0.15) is 17.4 Å². The Labute approximate surface area is 152 Å². The van der Waals surface area contributed by atoms with Crippen LogP contribution in [0.25, 0.3) is 0 Å². The number of phenolic OH excluding ortho intramolecular Hbond substituents is 1. The Balaban J connectivity index is 1.61. The van der Waals surface area contributed by atoms with Crippen LogP contribution < -0.4 is 0 Å². The minimum absolute atomic E-state index is 0.0363. The topological polar surface area (TPSA) is 40.5 Å². The highest BCUT2D eigenvalue weighted by molar-refractivity contribution is 5.94. The van der Waals surface area contributed by atoms with Crippen molar-refractivity contribution in [1.29, 1.82) is 0 Å². The molecule has 0 aromatic heterocycles. The van der Waals surface area contributed by atoms with Crippen molar-refractivity contribution in [2.75, 3.05) is 13.1 Å². The maximum Gasteiger partial charge on any atom is 0.253 e. The van der Waals surface area contributed by atoms with E-state index in [0.29, 0.717) is 42.1 Å². The molecule has 1 heterocycles. The molecule has 0 spiro atoms. The fraction of sp³-hybridized carbons (Fsp3) is 0.381. The van der Waals surface area contributed by atoms with Gasteiger partial charge in [0.2, 0.25) is 0 Å². The number of halogens is 2. The molecule has 26 heavy (non-hydrogen) atoms. The average Bonchev–Trinajstić information content (AvgIpc) is 2.63. The number of piperidine rings is 1. The van der Waals surface area contributed by atoms with Crippen molar-refractivity contribution in [3.63, 3.8) is 0 Å². The number of hydrogen-bond acceptors (Lipinski definition) is 2. The Morgan fingerprint density at radius 3 is 2.77 bits per heavy atom. The molecule has 2 aromatic carbocycles. The molecular weight excluding hydrogens is 336 g/mol. The van der Waals surface area contributed by atoms with E-state index in [4.69, 9.17) is 0 Å². The number of aromatic hydroxyl groups is 1. The molecule has 0 aliphatic carbocycles. The third-order valence-electron chi connectivity index (χ3n) is 5.09. The van der Waals surface area contributed by atoms with Crippen LogP contribution in [0.2, 0.25) is 0 Å². The number of aryl methyl sites for hydroxylation is 2. The number of carbonyl (C=O) groups excluding carboxylic acids is 1. The maximum atomic E-state index is 13.8. The first-order valence-electron chi connectivity index (χ1n) is 8.97. The highest BCUT2D eigenvalue weighted by Gasteiger charge is 2.25. The van der Waals surface area contributed by atoms with E-state index in [9.17, 15) is 18.7 Å². The highest BCUT2D eigenvalue weighted by Crippen LogP contribution is 2.25. The summed E-state index contributed by atoms with van der Waals surface area (Å²) >= 11 is 0. The first kappa shape index (κ1) is 18.4. The summed E-state index contributed by atoms with van der Waals surface area (Å²) in [6.07, 6.45) is 3.22. The van der Waals surface area contributed by atoms with Crippen molar-refractivity contribution in [3.05, 3.63) is 64.7 Å². The molecular formula is C21H23F2NO2. The zero-order valence-corrected chi connectivity index (χ0v) is 14.8. The second-order valence-corrected chi connectivity index (χ2v) is 7.04. The van der Waals surface area contributed by atoms with Gasteiger partial charge in [0.05, 0.1) is 0 Å². The maximum absolute atomic E-state index is 13.8. The Bertz CT molecular complexity index is 807. The van der Waals surface area contributed by atoms with Gasteiger partial charge in [-0.05, 0) is 73.9 Å². The quantitative estimate of drug-likeness (QED) is 0.875. The minimum atomic E-state index is -0.565. The van der Waals surface area contributed by atoms with Crippen molar-refractivity contribution in [2.45, 2.75) is 32.6 Å². The Morgan fingerprint density at radius 1 is 1.23 bits per heavy atom. The summed E-state index contributed by atoms with van der Waals surface area (Å²) in [6.45, 7) is 3.12. The summed E-state index contributed by atoms with van der Waals surface area (Å²) in [7, 11) is 0. The molecule has 1 amide bonds. The molecule has 1 atom stereocenters. The molecule has 3 rings (SSSR count). The van der Waals surface area contributed by atoms with Crippen molar-refractivity contribution >= 4 is 5.91 Å². The van der Waals surface area contributed by atoms with Gasteiger partial charge in [0.15, 0.2) is 0 Å². The van der Waals surface area contributed by atoms with Crippen molar-refractivity contribution in [2.24, 2.45) is 5.92 Å². The predicted molar refractivity (Wildman–Crippen MR) is 96.2 cm³/mol. The normalized spacial score (nSPS) is 17.3. The summed E-state index contributed by atoms with van der Waals surface area (Å²) in [4.78, 5) is 14.6. The number of benzene rings is 2. The van der Waals surface area contributed by atoms with E-state index in [2.05, 4.69) is 0 Å². The van der Waals surface area contributed by atoms with Crippen molar-refractivity contribution in [1.82, 2.24) is 4.90 Å². The van der Waals surface area contributed by atoms with E-state index in [1.165, 1.54) is 12.1 Å². The molecule has 1 N–H and O–H groups in total. The largest absolute Gasteiger partial charge is 0.508 e. The van der Waals surface area contributed by atoms with Crippen LogP contribution in [0.4, 0.5) is 8.78 Å². The molecule has 1 saturated heterocycles. The van der Waals surface area contributed by atoms with E-state index in [1.807, 2.05) is 4.90 Å². The lowest BCUT2D eigenvalue weighted by molar-refractivity contribution is 0.0668. The van der Waals surface area contributed by atoms with Crippen LogP contribution in [0.1, 0.15) is 40.7 Å². The van der Waals surface area contributed by atoms with Gasteiger partial charge in [-0.3, -0.25) is 4.79 Å². The smallest absolute Gasteiger partial charge is 0.253 e. The molecule has 3 nitrogen and oxygen atoms in total. The molecule has 0 bridgehead atoms. The molecule has 1 aliphatic rings. The Hall–Kier alpha value is -2.43. The van der Waals surface area contributed by atoms with Gasteiger partial charge >= 0.3 is 0 Å². The lowest BCUT2D eigenvalue weighted by atomic mass is 9.91. The van der Waals surface area contributed by atoms with Gasteiger partial charge in [-0.25, -0.2) is 8.78 Å². The highest BCUT2D eigenvalue weighted by atomic mass is 19.1. The first-order chi connectivity index (χ1) is 12.4. The molecule has 1 fully saturated rings. The number of likely N-dealkylation sites (tertiary alicyclic amines) is 1. The van der Waals surface area contributed by atoms with Gasteiger partial charge in [-0.1, -0.05) is 6.07 Å². The number of hydrogen-bond donors (Lipinski definition) is 1. The SMILES string of the molecule is Cc1cc(C(=O)N2CCC[C@@H](CCc3ccc(F)cc3F)C2)ccc1O. The first-order valence-corrected chi connectivity index (χ1v) is 8.97. The average molecular weight is 359 g/mol. The van der Waals surface area contributed by atoms with E-state index in [0.717, 1.165) is 25.3 Å². The number of nitrogens with zero attached hydrogens (tertiary/aromatic N) is 1. The van der Waals surface area contributed by atoms with Gasteiger partial charge in [-0.2, -0.15) is 0 Å². The third-order valence-corrected chi connectivity index (χ3v) is 5.09. The zero-order chi connectivity index (χ0) is 18.7. The molecule has 0 unspecified atom stereocenters. The van der Waals surface area contributed by atoms with Crippen molar-refractivity contribution in [3.8, 4) is 5.75 Å². The van der Waals surface area contributed by atoms with Crippen LogP contribution in [0, 0.1) is 24.5 Å². The van der Waals surface area contributed by atoms with Gasteiger partial charge in [-0.15, -0.1) is 0 Å². The van der Waals surface area contributed by atoms with Crippen LogP contribution in [0.3, 0.4) is 0 Å². The van der Waals surface area contributed by atoms with Crippen LogP contribution in [-0.2, 0) is 6.42 Å². The Morgan fingerprint density at radius 2 is 2.04 bits per heavy atom. The minimum Gasteiger partial charge on any atom is -0.508 e. The fourth-order valence-corrected chi connectivity index (χ4v) is 3.54. The second kappa shape index (κ2) is 7.85. The van der Waals surface area contributed by atoms with Crippen LogP contribution in [0.15, 0.2) is 36.4 Å². The van der Waals surface area contributed by atoms with Gasteiger partial charge < -0.3 is 10.0 Å². The monoisotopic (exact) mass is 359 g/mol. The molecule has 138 valence electrons. The van der Waals surface area contributed by atoms with Crippen LogP contribution in [-0.4, -0.2) is 29.0 Å². The molecule has 1 aliphatic heterocycles. The van der Waals surface area contributed by atoms with Crippen molar-refractivity contribution < 1.29 is 18.7 Å². The predicted octanol–water partition coefficient (Wildman–Crippen LogP) is 4.46. The van der Waals surface area contributed by atoms with E-state index in [-0.39, 0.29) is 11.7 Å².